The Labute approximate surface area is 169 Å². The quantitative estimate of drug-likeness (QED) is 0.387. The van der Waals surface area contributed by atoms with Crippen LogP contribution < -0.4 is 14.2 Å². The van der Waals surface area contributed by atoms with Gasteiger partial charge in [-0.1, -0.05) is 6.08 Å². The average Bonchev–Trinajstić information content (AvgIpc) is 3.09. The van der Waals surface area contributed by atoms with Crippen LogP contribution in [0.25, 0.3) is 0 Å². The Hall–Kier alpha value is -2.74. The number of carbonyl (C=O) groups excluding carboxylic acids is 2. The van der Waals surface area contributed by atoms with Gasteiger partial charge >= 0.3 is 11.9 Å². The first-order valence-electron chi connectivity index (χ1n) is 9.41. The molecule has 4 atom stereocenters. The van der Waals surface area contributed by atoms with Crippen LogP contribution in [0, 0.1) is 0 Å². The first-order chi connectivity index (χ1) is 13.7. The molecule has 0 aliphatic carbocycles. The number of hydrogen-bond acceptors (Lipinski definition) is 8. The van der Waals surface area contributed by atoms with E-state index in [-0.39, 0.29) is 12.9 Å². The van der Waals surface area contributed by atoms with E-state index in [0.29, 0.717) is 28.4 Å². The first kappa shape index (κ1) is 21.0. The van der Waals surface area contributed by atoms with Crippen molar-refractivity contribution in [2.75, 3.05) is 13.9 Å². The van der Waals surface area contributed by atoms with Crippen LogP contribution in [0.5, 0.6) is 17.2 Å². The van der Waals surface area contributed by atoms with Crippen molar-refractivity contribution in [2.45, 2.75) is 58.5 Å². The molecule has 1 fully saturated rings. The Morgan fingerprint density at radius 3 is 2.55 bits per heavy atom. The number of rotatable bonds is 7. The van der Waals surface area contributed by atoms with Crippen molar-refractivity contribution >= 4 is 11.9 Å². The van der Waals surface area contributed by atoms with Gasteiger partial charge in [-0.25, -0.2) is 9.59 Å². The van der Waals surface area contributed by atoms with Crippen LogP contribution in [0.4, 0.5) is 0 Å². The van der Waals surface area contributed by atoms with Gasteiger partial charge in [-0.2, -0.15) is 0 Å². The van der Waals surface area contributed by atoms with Gasteiger partial charge in [-0.3, -0.25) is 0 Å². The molecular formula is C21H26O8. The zero-order valence-electron chi connectivity index (χ0n) is 17.4. The maximum absolute atomic E-state index is 12.5. The van der Waals surface area contributed by atoms with E-state index in [1.54, 1.807) is 52.8 Å². The van der Waals surface area contributed by atoms with E-state index in [1.807, 2.05) is 0 Å². The molecule has 0 bridgehead atoms. The Balaban J connectivity index is 1.91. The molecule has 8 heteroatoms. The molecule has 1 aromatic carbocycles. The van der Waals surface area contributed by atoms with Crippen molar-refractivity contribution in [1.29, 1.82) is 0 Å². The van der Waals surface area contributed by atoms with Crippen molar-refractivity contribution in [3.8, 4) is 17.2 Å². The average molecular weight is 406 g/mol. The lowest BCUT2D eigenvalue weighted by Gasteiger charge is -2.26. The molecule has 29 heavy (non-hydrogen) atoms. The van der Waals surface area contributed by atoms with Gasteiger partial charge in [0.1, 0.15) is 6.10 Å². The highest BCUT2D eigenvalue weighted by Crippen LogP contribution is 2.44. The molecule has 0 radical (unpaired) electrons. The summed E-state index contributed by atoms with van der Waals surface area (Å²) >= 11 is 0. The maximum atomic E-state index is 12.5. The van der Waals surface area contributed by atoms with Gasteiger partial charge in [0, 0.05) is 11.1 Å². The number of methoxy groups -OCH3 is 1. The predicted molar refractivity (Wildman–Crippen MR) is 102 cm³/mol. The molecule has 0 saturated carbocycles. The third-order valence-electron chi connectivity index (χ3n) is 5.26. The molecule has 0 N–H and O–H groups in total. The summed E-state index contributed by atoms with van der Waals surface area (Å²) < 4.78 is 32.9. The van der Waals surface area contributed by atoms with Crippen LogP contribution in [0.1, 0.15) is 46.3 Å². The topological polar surface area (TPSA) is 92.8 Å². The summed E-state index contributed by atoms with van der Waals surface area (Å²) in [6.45, 7) is 8.58. The fraction of sp³-hybridized carbons (Fsp3) is 0.524. The minimum Gasteiger partial charge on any atom is -0.493 e. The molecule has 0 aromatic heterocycles. The molecule has 3 rings (SSSR count). The lowest BCUT2D eigenvalue weighted by atomic mass is 10.0. The number of benzene rings is 1. The van der Waals surface area contributed by atoms with E-state index in [0.717, 1.165) is 0 Å². The molecule has 2 aliphatic rings. The van der Waals surface area contributed by atoms with E-state index in [4.69, 9.17) is 28.4 Å². The number of fused-ring (bicyclic) bond motifs is 1. The fourth-order valence-electron chi connectivity index (χ4n) is 2.97. The Kier molecular flexibility index (Phi) is 5.75. The van der Waals surface area contributed by atoms with Gasteiger partial charge in [-0.15, -0.1) is 0 Å². The van der Waals surface area contributed by atoms with Gasteiger partial charge in [0.05, 0.1) is 13.2 Å². The summed E-state index contributed by atoms with van der Waals surface area (Å²) in [6, 6.07) is 3.37. The lowest BCUT2D eigenvalue weighted by molar-refractivity contribution is -0.168. The number of hydrogen-bond donors (Lipinski definition) is 0. The maximum Gasteiger partial charge on any atom is 0.341 e. The summed E-state index contributed by atoms with van der Waals surface area (Å²) in [6.07, 6.45) is -0.243. The van der Waals surface area contributed by atoms with Crippen molar-refractivity contribution < 1.29 is 38.0 Å². The van der Waals surface area contributed by atoms with Crippen LogP contribution in [-0.2, 0) is 23.8 Å². The van der Waals surface area contributed by atoms with E-state index in [2.05, 4.69) is 0 Å². The third kappa shape index (κ3) is 4.03. The largest absolute Gasteiger partial charge is 0.493 e. The van der Waals surface area contributed by atoms with Crippen LogP contribution in [0.3, 0.4) is 0 Å². The molecule has 2 heterocycles. The zero-order chi connectivity index (χ0) is 21.3. The summed E-state index contributed by atoms with van der Waals surface area (Å²) in [5.41, 5.74) is 0.0140. The highest BCUT2D eigenvalue weighted by atomic mass is 16.7. The van der Waals surface area contributed by atoms with Gasteiger partial charge in [0.2, 0.25) is 12.5 Å². The summed E-state index contributed by atoms with van der Waals surface area (Å²) in [4.78, 5) is 25.0. The highest BCUT2D eigenvalue weighted by molar-refractivity contribution is 5.88. The molecule has 1 aromatic rings. The van der Waals surface area contributed by atoms with Crippen LogP contribution in [0.2, 0.25) is 0 Å². The second kappa shape index (κ2) is 7.94. The monoisotopic (exact) mass is 406 g/mol. The van der Waals surface area contributed by atoms with Crippen LogP contribution in [0.15, 0.2) is 23.8 Å². The van der Waals surface area contributed by atoms with Crippen molar-refractivity contribution in [3.05, 3.63) is 29.3 Å². The molecule has 1 saturated heterocycles. The summed E-state index contributed by atoms with van der Waals surface area (Å²) in [5, 5.41) is 0. The van der Waals surface area contributed by atoms with Crippen molar-refractivity contribution in [1.82, 2.24) is 0 Å². The minimum atomic E-state index is -0.978. The standard InChI is InChI=1S/C21H26O8/c1-7-11(2)19(22)28-17(12(3)27-20(23)21(5)13(4)29-21)14-8-15(24-6)18-16(9-14)25-10-26-18/h7-9,12-13,17H,10H2,1-6H3/b11-7-/t12-,13+,17-,21-/m0/s1. The number of ether oxygens (including phenoxy) is 6. The molecule has 0 unspecified atom stereocenters. The van der Waals surface area contributed by atoms with Crippen molar-refractivity contribution in [2.24, 2.45) is 0 Å². The summed E-state index contributed by atoms with van der Waals surface area (Å²) in [7, 11) is 1.50. The third-order valence-corrected chi connectivity index (χ3v) is 5.26. The normalized spacial score (nSPS) is 24.5. The summed E-state index contributed by atoms with van der Waals surface area (Å²) in [5.74, 6) is 0.354. The molecule has 158 valence electrons. The second-order valence-corrected chi connectivity index (χ2v) is 7.23. The number of allylic oxidation sites excluding steroid dienone is 1. The molecule has 0 spiro atoms. The molecule has 0 amide bonds. The Morgan fingerprint density at radius 1 is 1.28 bits per heavy atom. The first-order valence-corrected chi connectivity index (χ1v) is 9.41. The van der Waals surface area contributed by atoms with Crippen LogP contribution in [-0.4, -0.2) is 43.7 Å². The number of carbonyl (C=O) groups is 2. The SMILES string of the molecule is C/C=C(/C)C(=O)O[C@H](c1cc(OC)c2c(c1)OCO2)[C@H](C)OC(=O)[C@@]1(C)O[C@@H]1C. The molecule has 2 aliphatic heterocycles. The second-order valence-electron chi connectivity index (χ2n) is 7.23. The van der Waals surface area contributed by atoms with Crippen molar-refractivity contribution in [3.63, 3.8) is 0 Å². The lowest BCUT2D eigenvalue weighted by Crippen LogP contribution is -2.33. The van der Waals surface area contributed by atoms with E-state index >= 15 is 0 Å². The van der Waals surface area contributed by atoms with Crippen LogP contribution >= 0.6 is 0 Å². The zero-order valence-corrected chi connectivity index (χ0v) is 17.4. The van der Waals surface area contributed by atoms with Gasteiger partial charge < -0.3 is 28.4 Å². The smallest absolute Gasteiger partial charge is 0.341 e. The highest BCUT2D eigenvalue weighted by Gasteiger charge is 2.57. The van der Waals surface area contributed by atoms with Gasteiger partial charge in [-0.05, 0) is 46.8 Å². The molecule has 8 nitrogen and oxygen atoms in total. The fourth-order valence-corrected chi connectivity index (χ4v) is 2.97. The Morgan fingerprint density at radius 2 is 1.97 bits per heavy atom. The van der Waals surface area contributed by atoms with E-state index in [1.165, 1.54) is 7.11 Å². The molecular weight excluding hydrogens is 380 g/mol. The Bertz CT molecular complexity index is 845. The van der Waals surface area contributed by atoms with E-state index in [9.17, 15) is 9.59 Å². The number of epoxide rings is 1. The van der Waals surface area contributed by atoms with E-state index < -0.39 is 29.7 Å². The number of esters is 2. The predicted octanol–water partition coefficient (Wildman–Crippen LogP) is 3.08. The minimum absolute atomic E-state index is 0.0649. The van der Waals surface area contributed by atoms with Gasteiger partial charge in [0.25, 0.3) is 0 Å². The van der Waals surface area contributed by atoms with Gasteiger partial charge in [0.15, 0.2) is 23.2 Å².